The fraction of sp³-hybridized carbons (Fsp3) is 0.455. The summed E-state index contributed by atoms with van der Waals surface area (Å²) in [6.07, 6.45) is 0. The van der Waals surface area contributed by atoms with Crippen LogP contribution in [-0.2, 0) is 10.0 Å². The standard InChI is InChI=1S/C11H18N2O2S/c1-10(2)12-8-9-13-16(14,15)11-6-4-3-5-7-11/h3-7,10,12-13H,8-9H2,1-2H3. The SMILES string of the molecule is CC(C)NCCNS(=O)(=O)c1ccccc1. The lowest BCUT2D eigenvalue weighted by molar-refractivity contribution is 0.559. The van der Waals surface area contributed by atoms with Gasteiger partial charge in [0.25, 0.3) is 0 Å². The molecule has 0 atom stereocenters. The van der Waals surface area contributed by atoms with Gasteiger partial charge in [-0.15, -0.1) is 0 Å². The summed E-state index contributed by atoms with van der Waals surface area (Å²) in [6, 6.07) is 8.73. The molecule has 1 rings (SSSR count). The highest BCUT2D eigenvalue weighted by atomic mass is 32.2. The molecule has 4 nitrogen and oxygen atoms in total. The molecule has 0 bridgehead atoms. The zero-order valence-corrected chi connectivity index (χ0v) is 10.4. The van der Waals surface area contributed by atoms with Gasteiger partial charge in [0.1, 0.15) is 0 Å². The number of hydrogen-bond acceptors (Lipinski definition) is 3. The summed E-state index contributed by atoms with van der Waals surface area (Å²) < 4.78 is 26.0. The largest absolute Gasteiger partial charge is 0.313 e. The molecular formula is C11H18N2O2S. The summed E-state index contributed by atoms with van der Waals surface area (Å²) in [5.74, 6) is 0. The van der Waals surface area contributed by atoms with E-state index in [2.05, 4.69) is 10.0 Å². The fourth-order valence-corrected chi connectivity index (χ4v) is 2.28. The van der Waals surface area contributed by atoms with E-state index < -0.39 is 10.0 Å². The van der Waals surface area contributed by atoms with Gasteiger partial charge in [-0.3, -0.25) is 0 Å². The quantitative estimate of drug-likeness (QED) is 0.731. The van der Waals surface area contributed by atoms with Crippen LogP contribution in [0.15, 0.2) is 35.2 Å². The van der Waals surface area contributed by atoms with E-state index in [9.17, 15) is 8.42 Å². The van der Waals surface area contributed by atoms with Crippen LogP contribution in [0.5, 0.6) is 0 Å². The molecule has 5 heteroatoms. The lowest BCUT2D eigenvalue weighted by Gasteiger charge is -2.09. The first-order valence-corrected chi connectivity index (χ1v) is 6.79. The molecule has 0 aliphatic carbocycles. The highest BCUT2D eigenvalue weighted by Gasteiger charge is 2.11. The molecule has 0 radical (unpaired) electrons. The molecule has 0 unspecified atom stereocenters. The van der Waals surface area contributed by atoms with Crippen molar-refractivity contribution in [1.82, 2.24) is 10.0 Å². The Bertz CT molecular complexity index is 401. The van der Waals surface area contributed by atoms with Crippen molar-refractivity contribution in [3.8, 4) is 0 Å². The second kappa shape index (κ2) is 5.98. The monoisotopic (exact) mass is 242 g/mol. The molecule has 0 saturated carbocycles. The minimum absolute atomic E-state index is 0.305. The third kappa shape index (κ3) is 4.30. The third-order valence-corrected chi connectivity index (χ3v) is 3.50. The van der Waals surface area contributed by atoms with Gasteiger partial charge in [-0.1, -0.05) is 32.0 Å². The first-order chi connectivity index (χ1) is 7.52. The maximum absolute atomic E-state index is 11.7. The fourth-order valence-electron chi connectivity index (χ4n) is 1.23. The van der Waals surface area contributed by atoms with E-state index in [1.54, 1.807) is 30.3 Å². The summed E-state index contributed by atoms with van der Waals surface area (Å²) in [5, 5.41) is 3.14. The van der Waals surface area contributed by atoms with Gasteiger partial charge in [-0.25, -0.2) is 13.1 Å². The maximum Gasteiger partial charge on any atom is 0.240 e. The van der Waals surface area contributed by atoms with Gasteiger partial charge in [0, 0.05) is 19.1 Å². The summed E-state index contributed by atoms with van der Waals surface area (Å²) >= 11 is 0. The van der Waals surface area contributed by atoms with Crippen molar-refractivity contribution in [2.45, 2.75) is 24.8 Å². The molecule has 1 aromatic rings. The minimum Gasteiger partial charge on any atom is -0.313 e. The summed E-state index contributed by atoms with van der Waals surface area (Å²) in [6.45, 7) is 5.07. The minimum atomic E-state index is -3.35. The summed E-state index contributed by atoms with van der Waals surface area (Å²) in [5.41, 5.74) is 0. The van der Waals surface area contributed by atoms with Crippen molar-refractivity contribution >= 4 is 10.0 Å². The normalized spacial score (nSPS) is 11.9. The molecule has 0 amide bonds. The Balaban J connectivity index is 2.48. The van der Waals surface area contributed by atoms with Crippen LogP contribution >= 0.6 is 0 Å². The van der Waals surface area contributed by atoms with E-state index >= 15 is 0 Å². The predicted molar refractivity (Wildman–Crippen MR) is 64.8 cm³/mol. The number of rotatable bonds is 6. The highest BCUT2D eigenvalue weighted by Crippen LogP contribution is 2.06. The molecular weight excluding hydrogens is 224 g/mol. The van der Waals surface area contributed by atoms with E-state index in [-0.39, 0.29) is 0 Å². The molecule has 0 aliphatic rings. The van der Waals surface area contributed by atoms with Gasteiger partial charge in [-0.05, 0) is 12.1 Å². The molecule has 0 aromatic heterocycles. The Kier molecular flexibility index (Phi) is 4.92. The van der Waals surface area contributed by atoms with Crippen molar-refractivity contribution in [2.75, 3.05) is 13.1 Å². The van der Waals surface area contributed by atoms with E-state index in [0.717, 1.165) is 0 Å². The number of hydrogen-bond donors (Lipinski definition) is 2. The Morgan fingerprint density at radius 2 is 1.75 bits per heavy atom. The van der Waals surface area contributed by atoms with Crippen molar-refractivity contribution < 1.29 is 8.42 Å². The van der Waals surface area contributed by atoms with Crippen LogP contribution in [-0.4, -0.2) is 27.5 Å². The van der Waals surface area contributed by atoms with Crippen LogP contribution in [0, 0.1) is 0 Å². The van der Waals surface area contributed by atoms with Crippen LogP contribution < -0.4 is 10.0 Å². The van der Waals surface area contributed by atoms with Crippen LogP contribution in [0.1, 0.15) is 13.8 Å². The van der Waals surface area contributed by atoms with Gasteiger partial charge < -0.3 is 5.32 Å². The van der Waals surface area contributed by atoms with Gasteiger partial charge >= 0.3 is 0 Å². The number of sulfonamides is 1. The molecule has 0 spiro atoms. The summed E-state index contributed by atoms with van der Waals surface area (Å²) in [7, 11) is -3.35. The highest BCUT2D eigenvalue weighted by molar-refractivity contribution is 7.89. The van der Waals surface area contributed by atoms with Gasteiger partial charge in [0.05, 0.1) is 4.90 Å². The Labute approximate surface area is 97.1 Å². The first-order valence-electron chi connectivity index (χ1n) is 5.30. The second-order valence-corrected chi connectivity index (χ2v) is 5.59. The van der Waals surface area contributed by atoms with E-state index in [4.69, 9.17) is 0 Å². The average Bonchev–Trinajstić information content (AvgIpc) is 2.26. The number of nitrogens with one attached hydrogen (secondary N) is 2. The lowest BCUT2D eigenvalue weighted by atomic mass is 10.4. The van der Waals surface area contributed by atoms with E-state index in [1.165, 1.54) is 0 Å². The summed E-state index contributed by atoms with van der Waals surface area (Å²) in [4.78, 5) is 0.305. The Hall–Kier alpha value is -0.910. The Morgan fingerprint density at radius 3 is 2.31 bits per heavy atom. The van der Waals surface area contributed by atoms with Gasteiger partial charge in [-0.2, -0.15) is 0 Å². The molecule has 0 saturated heterocycles. The topological polar surface area (TPSA) is 58.2 Å². The van der Waals surface area contributed by atoms with Crippen molar-refractivity contribution in [3.05, 3.63) is 30.3 Å². The van der Waals surface area contributed by atoms with E-state index in [0.29, 0.717) is 24.0 Å². The molecule has 2 N–H and O–H groups in total. The third-order valence-electron chi connectivity index (χ3n) is 2.02. The maximum atomic E-state index is 11.7. The molecule has 1 aromatic carbocycles. The smallest absolute Gasteiger partial charge is 0.240 e. The molecule has 90 valence electrons. The average molecular weight is 242 g/mol. The lowest BCUT2D eigenvalue weighted by Crippen LogP contribution is -2.34. The predicted octanol–water partition coefficient (Wildman–Crippen LogP) is 0.963. The van der Waals surface area contributed by atoms with Gasteiger partial charge in [0.15, 0.2) is 0 Å². The van der Waals surface area contributed by atoms with Crippen LogP contribution in [0.2, 0.25) is 0 Å². The number of benzene rings is 1. The second-order valence-electron chi connectivity index (χ2n) is 3.82. The van der Waals surface area contributed by atoms with E-state index in [1.807, 2.05) is 13.8 Å². The molecule has 16 heavy (non-hydrogen) atoms. The Morgan fingerprint density at radius 1 is 1.12 bits per heavy atom. The zero-order valence-electron chi connectivity index (χ0n) is 9.60. The first kappa shape index (κ1) is 13.2. The van der Waals surface area contributed by atoms with Gasteiger partial charge in [0.2, 0.25) is 10.0 Å². The van der Waals surface area contributed by atoms with Crippen molar-refractivity contribution in [2.24, 2.45) is 0 Å². The van der Waals surface area contributed by atoms with Crippen LogP contribution in [0.3, 0.4) is 0 Å². The van der Waals surface area contributed by atoms with Crippen molar-refractivity contribution in [1.29, 1.82) is 0 Å². The van der Waals surface area contributed by atoms with Crippen LogP contribution in [0.4, 0.5) is 0 Å². The molecule has 0 heterocycles. The van der Waals surface area contributed by atoms with Crippen molar-refractivity contribution in [3.63, 3.8) is 0 Å². The zero-order chi connectivity index (χ0) is 12.0. The van der Waals surface area contributed by atoms with Crippen LogP contribution in [0.25, 0.3) is 0 Å². The molecule has 0 aliphatic heterocycles. The molecule has 0 fully saturated rings.